The average Bonchev–Trinajstić information content (AvgIpc) is 3.41. The second-order valence-corrected chi connectivity index (χ2v) is 13.4. The number of anilines is 3. The smallest absolute Gasteiger partial charge is 0.277 e. The van der Waals surface area contributed by atoms with Crippen LogP contribution in [0, 0.1) is 6.92 Å². The third-order valence-electron chi connectivity index (χ3n) is 8.24. The number of sulfonamides is 1. The fraction of sp³-hybridized carbons (Fsp3) is 0.333. The summed E-state index contributed by atoms with van der Waals surface area (Å²) >= 11 is 0. The molecule has 1 aliphatic heterocycles. The summed E-state index contributed by atoms with van der Waals surface area (Å²) < 4.78 is 37.4. The van der Waals surface area contributed by atoms with Crippen LogP contribution in [0.1, 0.15) is 55.0 Å². The van der Waals surface area contributed by atoms with Crippen LogP contribution in [0.25, 0.3) is 16.9 Å². The zero-order chi connectivity index (χ0) is 34.7. The van der Waals surface area contributed by atoms with Crippen LogP contribution in [-0.4, -0.2) is 69.6 Å². The highest BCUT2D eigenvalue weighted by atomic mass is 32.2. The highest BCUT2D eigenvalue weighted by Crippen LogP contribution is 2.31. The number of aryl methyl sites for hydroxylation is 2. The van der Waals surface area contributed by atoms with Crippen molar-refractivity contribution in [2.24, 2.45) is 0 Å². The van der Waals surface area contributed by atoms with Crippen molar-refractivity contribution < 1.29 is 17.9 Å². The Bertz CT molecular complexity index is 2160. The predicted octanol–water partition coefficient (Wildman–Crippen LogP) is 3.32. The van der Waals surface area contributed by atoms with Crippen LogP contribution in [0.3, 0.4) is 0 Å². The Kier molecular flexibility index (Phi) is 9.60. The monoisotopic (exact) mass is 686 g/mol. The molecule has 0 radical (unpaired) electrons. The molecule has 1 aliphatic rings. The van der Waals surface area contributed by atoms with E-state index in [0.717, 1.165) is 6.42 Å². The second-order valence-electron chi connectivity index (χ2n) is 11.7. The lowest BCUT2D eigenvalue weighted by Crippen LogP contribution is -2.45. The number of nitrogens with one attached hydrogen (secondary N) is 3. The first-order chi connectivity index (χ1) is 23.6. The largest absolute Gasteiger partial charge is 0.493 e. The van der Waals surface area contributed by atoms with Crippen molar-refractivity contribution in [3.8, 4) is 17.1 Å². The molecule has 1 saturated heterocycles. The molecular formula is C33H38N10O5S. The lowest BCUT2D eigenvalue weighted by Gasteiger charge is -2.32. The summed E-state index contributed by atoms with van der Waals surface area (Å²) in [5, 5.41) is 7.41. The maximum atomic E-state index is 13.6. The van der Waals surface area contributed by atoms with E-state index >= 15 is 0 Å². The summed E-state index contributed by atoms with van der Waals surface area (Å²) in [6, 6.07) is 11.1. The van der Waals surface area contributed by atoms with Crippen LogP contribution < -0.4 is 31.0 Å². The molecule has 49 heavy (non-hydrogen) atoms. The number of benzene rings is 2. The number of H-pyrrole nitrogens is 1. The first kappa shape index (κ1) is 33.5. The third kappa shape index (κ3) is 7.10. The minimum absolute atomic E-state index is 0.0150. The van der Waals surface area contributed by atoms with E-state index in [9.17, 15) is 18.0 Å². The summed E-state index contributed by atoms with van der Waals surface area (Å²) in [6.45, 7) is 6.93. The third-order valence-corrected chi connectivity index (χ3v) is 9.76. The second kappa shape index (κ2) is 14.0. The van der Waals surface area contributed by atoms with Crippen LogP contribution in [0.5, 0.6) is 5.75 Å². The molecule has 4 heterocycles. The zero-order valence-electron chi connectivity index (χ0n) is 27.4. The Hall–Kier alpha value is -5.35. The molecule has 0 atom stereocenters. The van der Waals surface area contributed by atoms with E-state index in [0.29, 0.717) is 84.6 Å². The number of aromatic nitrogens is 6. The molecule has 3 aromatic heterocycles. The molecule has 0 saturated carbocycles. The number of ether oxygens (including phenoxy) is 1. The van der Waals surface area contributed by atoms with Crippen LogP contribution in [0.2, 0.25) is 0 Å². The number of nitrogens with two attached hydrogens (primary N) is 1. The number of amides is 1. The number of nitrogens with zero attached hydrogens (tertiary/aromatic N) is 6. The minimum atomic E-state index is -3.96. The number of para-hydroxylation sites is 2. The SMILES string of the molecule is CCCc1nc(C)c2c(=O)[nH]c(-c3cc(S(=O)(=O)NC4CCN(c5ncc(C(=O)Nc6ccccc6N)cn5)CC4)ccc3OCC)nn12. The average molecular weight is 687 g/mol. The molecule has 1 fully saturated rings. The van der Waals surface area contributed by atoms with Crippen molar-refractivity contribution >= 4 is 38.8 Å². The summed E-state index contributed by atoms with van der Waals surface area (Å²) in [7, 11) is -3.96. The van der Waals surface area contributed by atoms with E-state index < -0.39 is 10.0 Å². The fourth-order valence-electron chi connectivity index (χ4n) is 5.78. The molecule has 0 aliphatic carbocycles. The maximum absolute atomic E-state index is 13.6. The van der Waals surface area contributed by atoms with Crippen molar-refractivity contribution in [1.29, 1.82) is 0 Å². The number of piperidine rings is 1. The standard InChI is InChI=1S/C33H38N10O5S/c1-4-8-28-37-20(3)29-32(45)39-30(40-43(28)29)24-17-23(11-12-27(24)48-5-2)49(46,47)41-22-13-15-42(16-14-22)33-35-18-21(19-36-33)31(44)38-26-10-7-6-9-25(26)34/h6-7,9-12,17-19,22,41H,4-5,8,13-16,34H2,1-3H3,(H,38,44)(H,39,40,45). The zero-order valence-corrected chi connectivity index (χ0v) is 28.2. The molecule has 16 heteroatoms. The van der Waals surface area contributed by atoms with E-state index in [4.69, 9.17) is 10.5 Å². The summed E-state index contributed by atoms with van der Waals surface area (Å²) in [5.74, 6) is 1.28. The Morgan fingerprint density at radius 3 is 2.53 bits per heavy atom. The van der Waals surface area contributed by atoms with Crippen molar-refractivity contribution in [1.82, 2.24) is 34.3 Å². The van der Waals surface area contributed by atoms with Crippen LogP contribution >= 0.6 is 0 Å². The summed E-state index contributed by atoms with van der Waals surface area (Å²) in [4.78, 5) is 43.8. The first-order valence-corrected chi connectivity index (χ1v) is 17.6. The fourth-order valence-corrected chi connectivity index (χ4v) is 7.11. The Morgan fingerprint density at radius 2 is 1.84 bits per heavy atom. The Labute approximate surface area is 283 Å². The van der Waals surface area contributed by atoms with E-state index in [1.54, 1.807) is 37.3 Å². The van der Waals surface area contributed by atoms with Gasteiger partial charge in [0.05, 0.1) is 39.7 Å². The molecule has 0 spiro atoms. The van der Waals surface area contributed by atoms with Crippen molar-refractivity contribution in [3.05, 3.63) is 82.3 Å². The number of rotatable bonds is 11. The number of aromatic amines is 1. The van der Waals surface area contributed by atoms with Gasteiger partial charge in [0.25, 0.3) is 11.5 Å². The molecule has 2 aromatic carbocycles. The molecule has 5 N–H and O–H groups in total. The van der Waals surface area contributed by atoms with Gasteiger partial charge in [0.2, 0.25) is 16.0 Å². The van der Waals surface area contributed by atoms with Gasteiger partial charge in [-0.2, -0.15) is 0 Å². The van der Waals surface area contributed by atoms with Gasteiger partial charge >= 0.3 is 0 Å². The van der Waals surface area contributed by atoms with E-state index in [-0.39, 0.29) is 33.8 Å². The van der Waals surface area contributed by atoms with Crippen LogP contribution in [-0.2, 0) is 16.4 Å². The molecule has 256 valence electrons. The van der Waals surface area contributed by atoms with Crippen LogP contribution in [0.4, 0.5) is 17.3 Å². The Morgan fingerprint density at radius 1 is 1.10 bits per heavy atom. The number of carbonyl (C=O) groups is 1. The van der Waals surface area contributed by atoms with Gasteiger partial charge < -0.3 is 25.7 Å². The quantitative estimate of drug-likeness (QED) is 0.149. The number of hydrogen-bond acceptors (Lipinski definition) is 11. The van der Waals surface area contributed by atoms with Gasteiger partial charge in [-0.1, -0.05) is 19.1 Å². The van der Waals surface area contributed by atoms with Gasteiger partial charge in [0.15, 0.2) is 11.3 Å². The topological polar surface area (TPSA) is 203 Å². The molecular weight excluding hydrogens is 648 g/mol. The van der Waals surface area contributed by atoms with Gasteiger partial charge in [-0.15, -0.1) is 5.10 Å². The number of nitrogen functional groups attached to an aromatic ring is 1. The normalized spacial score (nSPS) is 13.9. The van der Waals surface area contributed by atoms with Gasteiger partial charge in [0, 0.05) is 37.9 Å². The minimum Gasteiger partial charge on any atom is -0.493 e. The summed E-state index contributed by atoms with van der Waals surface area (Å²) in [5.41, 5.74) is 8.03. The lowest BCUT2D eigenvalue weighted by molar-refractivity contribution is 0.102. The van der Waals surface area contributed by atoms with Crippen molar-refractivity contribution in [2.75, 3.05) is 35.6 Å². The molecule has 1 amide bonds. The first-order valence-electron chi connectivity index (χ1n) is 16.1. The van der Waals surface area contributed by atoms with Crippen LogP contribution in [0.15, 0.2) is 64.5 Å². The molecule has 5 aromatic rings. The van der Waals surface area contributed by atoms with Crippen molar-refractivity contribution in [2.45, 2.75) is 57.4 Å². The molecule has 15 nitrogen and oxygen atoms in total. The number of imidazole rings is 1. The van der Waals surface area contributed by atoms with E-state index in [1.165, 1.54) is 29.0 Å². The molecule has 0 bridgehead atoms. The summed E-state index contributed by atoms with van der Waals surface area (Å²) in [6.07, 6.45) is 5.36. The van der Waals surface area contributed by atoms with E-state index in [1.807, 2.05) is 18.7 Å². The van der Waals surface area contributed by atoms with E-state index in [2.05, 4.69) is 35.1 Å². The highest BCUT2D eigenvalue weighted by Gasteiger charge is 2.27. The number of fused-ring (bicyclic) bond motifs is 1. The maximum Gasteiger partial charge on any atom is 0.277 e. The molecule has 6 rings (SSSR count). The van der Waals surface area contributed by atoms with Gasteiger partial charge in [-0.3, -0.25) is 9.59 Å². The predicted molar refractivity (Wildman–Crippen MR) is 185 cm³/mol. The lowest BCUT2D eigenvalue weighted by atomic mass is 10.1. The highest BCUT2D eigenvalue weighted by molar-refractivity contribution is 7.89. The van der Waals surface area contributed by atoms with Gasteiger partial charge in [-0.25, -0.2) is 32.6 Å². The van der Waals surface area contributed by atoms with Crippen molar-refractivity contribution in [3.63, 3.8) is 0 Å². The molecule has 0 unspecified atom stereocenters. The van der Waals surface area contributed by atoms with Gasteiger partial charge in [-0.05, 0) is 63.4 Å². The number of carbonyl (C=O) groups excluding carboxylic acids is 1. The van der Waals surface area contributed by atoms with Gasteiger partial charge in [0.1, 0.15) is 11.6 Å². The Balaban J connectivity index is 1.15. The number of hydrogen-bond donors (Lipinski definition) is 4.